The number of benzene rings is 1. The van der Waals surface area contributed by atoms with Gasteiger partial charge < -0.3 is 10.6 Å². The average molecular weight is 296 g/mol. The van der Waals surface area contributed by atoms with Crippen molar-refractivity contribution in [3.05, 3.63) is 29.8 Å². The second-order valence-electron chi connectivity index (χ2n) is 5.03. The molecule has 20 heavy (non-hydrogen) atoms. The summed E-state index contributed by atoms with van der Waals surface area (Å²) in [5.41, 5.74) is 1.51. The maximum absolute atomic E-state index is 12.1. The van der Waals surface area contributed by atoms with Crippen LogP contribution in [-0.4, -0.2) is 38.4 Å². The minimum Gasteiger partial charge on any atom is -0.385 e. The number of nitrogens with one attached hydrogen (secondary N) is 2. The Bertz CT molecular complexity index is 567. The molecule has 1 aromatic rings. The van der Waals surface area contributed by atoms with E-state index in [0.717, 1.165) is 18.7 Å². The number of amides is 1. The molecule has 1 aliphatic rings. The molecule has 5 nitrogen and oxygen atoms in total. The molecule has 1 fully saturated rings. The number of carbonyl (C=O) groups excluding carboxylic acids is 1. The van der Waals surface area contributed by atoms with Crippen molar-refractivity contribution >= 4 is 21.4 Å². The summed E-state index contributed by atoms with van der Waals surface area (Å²) in [7, 11) is -3.00. The summed E-state index contributed by atoms with van der Waals surface area (Å²) >= 11 is 0. The standard InChI is InChI=1S/C14H20N2O3S/c1-2-15-12-7-5-11(6-8-12)14(17)16-13-4-3-9-20(18,19)10-13/h5-8,13,15H,2-4,9-10H2,1H3,(H,16,17). The highest BCUT2D eigenvalue weighted by Gasteiger charge is 2.26. The van der Waals surface area contributed by atoms with Crippen molar-refractivity contribution in [3.8, 4) is 0 Å². The molecule has 0 saturated carbocycles. The smallest absolute Gasteiger partial charge is 0.251 e. The van der Waals surface area contributed by atoms with Gasteiger partial charge in [0.15, 0.2) is 9.84 Å². The third-order valence-corrected chi connectivity index (χ3v) is 5.15. The minimum absolute atomic E-state index is 0.0498. The van der Waals surface area contributed by atoms with Crippen LogP contribution in [0.4, 0.5) is 5.69 Å². The van der Waals surface area contributed by atoms with Crippen LogP contribution in [0.1, 0.15) is 30.1 Å². The van der Waals surface area contributed by atoms with Crippen molar-refractivity contribution in [2.45, 2.75) is 25.8 Å². The Morgan fingerprint density at radius 2 is 2.00 bits per heavy atom. The van der Waals surface area contributed by atoms with Crippen molar-refractivity contribution in [3.63, 3.8) is 0 Å². The summed E-state index contributed by atoms with van der Waals surface area (Å²) in [6.45, 7) is 2.83. The maximum atomic E-state index is 12.1. The zero-order chi connectivity index (χ0) is 14.6. The molecule has 0 aliphatic carbocycles. The SMILES string of the molecule is CCNc1ccc(C(=O)NC2CCCS(=O)(=O)C2)cc1. The van der Waals surface area contributed by atoms with Gasteiger partial charge in [0.25, 0.3) is 5.91 Å². The van der Waals surface area contributed by atoms with Gasteiger partial charge in [0, 0.05) is 23.8 Å². The first-order chi connectivity index (χ1) is 9.50. The topological polar surface area (TPSA) is 75.3 Å². The van der Waals surface area contributed by atoms with Gasteiger partial charge in [-0.1, -0.05) is 0 Å². The lowest BCUT2D eigenvalue weighted by atomic mass is 10.1. The lowest BCUT2D eigenvalue weighted by molar-refractivity contribution is 0.0938. The molecule has 110 valence electrons. The monoisotopic (exact) mass is 296 g/mol. The summed E-state index contributed by atoms with van der Waals surface area (Å²) < 4.78 is 23.1. The van der Waals surface area contributed by atoms with Gasteiger partial charge >= 0.3 is 0 Å². The van der Waals surface area contributed by atoms with E-state index in [1.54, 1.807) is 12.1 Å². The molecule has 0 spiro atoms. The van der Waals surface area contributed by atoms with E-state index in [2.05, 4.69) is 10.6 Å². The summed E-state index contributed by atoms with van der Waals surface area (Å²) in [4.78, 5) is 12.1. The number of anilines is 1. The first-order valence-corrected chi connectivity index (χ1v) is 8.67. The summed E-state index contributed by atoms with van der Waals surface area (Å²) in [5, 5.41) is 5.96. The lowest BCUT2D eigenvalue weighted by Gasteiger charge is -2.23. The molecular weight excluding hydrogens is 276 g/mol. The fourth-order valence-electron chi connectivity index (χ4n) is 2.35. The van der Waals surface area contributed by atoms with Crippen LogP contribution in [0.25, 0.3) is 0 Å². The van der Waals surface area contributed by atoms with Crippen LogP contribution < -0.4 is 10.6 Å². The quantitative estimate of drug-likeness (QED) is 0.881. The molecule has 1 aromatic carbocycles. The van der Waals surface area contributed by atoms with Gasteiger partial charge in [0.2, 0.25) is 0 Å². The van der Waals surface area contributed by atoms with Gasteiger partial charge in [-0.15, -0.1) is 0 Å². The van der Waals surface area contributed by atoms with Crippen molar-refractivity contribution in [1.82, 2.24) is 5.32 Å². The highest BCUT2D eigenvalue weighted by Crippen LogP contribution is 2.14. The van der Waals surface area contributed by atoms with Crippen LogP contribution in [0, 0.1) is 0 Å². The number of hydrogen-bond acceptors (Lipinski definition) is 4. The highest BCUT2D eigenvalue weighted by molar-refractivity contribution is 7.91. The molecule has 1 aliphatic heterocycles. The van der Waals surface area contributed by atoms with E-state index in [4.69, 9.17) is 0 Å². The van der Waals surface area contributed by atoms with Crippen LogP contribution in [0.15, 0.2) is 24.3 Å². The Hall–Kier alpha value is -1.56. The van der Waals surface area contributed by atoms with Gasteiger partial charge in [-0.05, 0) is 44.0 Å². The molecular formula is C14H20N2O3S. The first-order valence-electron chi connectivity index (χ1n) is 6.85. The molecule has 2 rings (SSSR count). The second kappa shape index (κ2) is 6.26. The number of sulfone groups is 1. The normalized spacial score (nSPS) is 21.1. The van der Waals surface area contributed by atoms with Crippen molar-refractivity contribution < 1.29 is 13.2 Å². The zero-order valence-electron chi connectivity index (χ0n) is 11.6. The van der Waals surface area contributed by atoms with E-state index >= 15 is 0 Å². The minimum atomic E-state index is -3.00. The number of hydrogen-bond donors (Lipinski definition) is 2. The molecule has 1 amide bonds. The van der Waals surface area contributed by atoms with Crippen molar-refractivity contribution in [1.29, 1.82) is 0 Å². The van der Waals surface area contributed by atoms with E-state index in [1.807, 2.05) is 19.1 Å². The molecule has 1 atom stereocenters. The molecule has 2 N–H and O–H groups in total. The highest BCUT2D eigenvalue weighted by atomic mass is 32.2. The second-order valence-corrected chi connectivity index (χ2v) is 7.26. The van der Waals surface area contributed by atoms with Gasteiger partial charge in [0.1, 0.15) is 0 Å². The Morgan fingerprint density at radius 3 is 2.60 bits per heavy atom. The van der Waals surface area contributed by atoms with E-state index in [-0.39, 0.29) is 23.5 Å². The van der Waals surface area contributed by atoms with Crippen LogP contribution >= 0.6 is 0 Å². The van der Waals surface area contributed by atoms with E-state index in [0.29, 0.717) is 12.0 Å². The Kier molecular flexibility index (Phi) is 4.65. The molecule has 1 heterocycles. The summed E-state index contributed by atoms with van der Waals surface area (Å²) in [6, 6.07) is 6.90. The molecule has 1 unspecified atom stereocenters. The predicted molar refractivity (Wildman–Crippen MR) is 79.7 cm³/mol. The summed E-state index contributed by atoms with van der Waals surface area (Å²) in [5.74, 6) is 0.0699. The average Bonchev–Trinajstić information content (AvgIpc) is 2.38. The van der Waals surface area contributed by atoms with E-state index in [1.165, 1.54) is 0 Å². The van der Waals surface area contributed by atoms with Gasteiger partial charge in [-0.3, -0.25) is 4.79 Å². The number of rotatable bonds is 4. The Morgan fingerprint density at radius 1 is 1.30 bits per heavy atom. The fraction of sp³-hybridized carbons (Fsp3) is 0.500. The predicted octanol–water partition coefficient (Wildman–Crippen LogP) is 1.43. The first kappa shape index (κ1) is 14.8. The lowest BCUT2D eigenvalue weighted by Crippen LogP contribution is -2.43. The van der Waals surface area contributed by atoms with Crippen LogP contribution in [0.5, 0.6) is 0 Å². The third kappa shape index (κ3) is 3.96. The summed E-state index contributed by atoms with van der Waals surface area (Å²) in [6.07, 6.45) is 1.34. The Labute approximate surface area is 119 Å². The number of carbonyl (C=O) groups is 1. The molecule has 0 aromatic heterocycles. The maximum Gasteiger partial charge on any atom is 0.251 e. The van der Waals surface area contributed by atoms with Crippen molar-refractivity contribution in [2.75, 3.05) is 23.4 Å². The van der Waals surface area contributed by atoms with Gasteiger partial charge in [-0.2, -0.15) is 0 Å². The van der Waals surface area contributed by atoms with Gasteiger partial charge in [-0.25, -0.2) is 8.42 Å². The fourth-order valence-corrected chi connectivity index (χ4v) is 3.99. The van der Waals surface area contributed by atoms with Crippen LogP contribution in [0.2, 0.25) is 0 Å². The van der Waals surface area contributed by atoms with E-state index < -0.39 is 9.84 Å². The molecule has 0 bridgehead atoms. The van der Waals surface area contributed by atoms with Gasteiger partial charge in [0.05, 0.1) is 11.5 Å². The Balaban J connectivity index is 1.97. The van der Waals surface area contributed by atoms with Crippen LogP contribution in [-0.2, 0) is 9.84 Å². The molecule has 1 saturated heterocycles. The van der Waals surface area contributed by atoms with E-state index in [9.17, 15) is 13.2 Å². The molecule has 6 heteroatoms. The zero-order valence-corrected chi connectivity index (χ0v) is 12.4. The largest absolute Gasteiger partial charge is 0.385 e. The molecule has 0 radical (unpaired) electrons. The van der Waals surface area contributed by atoms with Crippen LogP contribution in [0.3, 0.4) is 0 Å². The van der Waals surface area contributed by atoms with Crippen molar-refractivity contribution in [2.24, 2.45) is 0 Å². The third-order valence-electron chi connectivity index (χ3n) is 3.33.